The second-order valence-corrected chi connectivity index (χ2v) is 8.00. The molecular weight excluding hydrogens is 406 g/mol. The summed E-state index contributed by atoms with van der Waals surface area (Å²) in [6.45, 7) is 5.27. The van der Waals surface area contributed by atoms with Crippen molar-refractivity contribution in [2.75, 3.05) is 43.9 Å². The average molecular weight is 432 g/mol. The number of hydrogen-bond acceptors (Lipinski definition) is 7. The number of hydrogen-bond donors (Lipinski definition) is 3. The fraction of sp³-hybridized carbons (Fsp3) is 0.261. The first-order chi connectivity index (χ1) is 15.7. The second-order valence-electron chi connectivity index (χ2n) is 8.00. The first-order valence-corrected chi connectivity index (χ1v) is 10.6. The van der Waals surface area contributed by atoms with Gasteiger partial charge in [0.2, 0.25) is 5.71 Å². The molecule has 5 rings (SSSR count). The fourth-order valence-electron chi connectivity index (χ4n) is 3.84. The number of nitrogens with one attached hydrogen (secondary N) is 3. The molecule has 1 fully saturated rings. The van der Waals surface area contributed by atoms with E-state index in [1.54, 1.807) is 18.7 Å². The van der Waals surface area contributed by atoms with Gasteiger partial charge in [0.25, 0.3) is 5.91 Å². The van der Waals surface area contributed by atoms with E-state index in [1.807, 2.05) is 24.3 Å². The summed E-state index contributed by atoms with van der Waals surface area (Å²) in [5.41, 5.74) is 4.13. The van der Waals surface area contributed by atoms with Crippen LogP contribution in [0.2, 0.25) is 0 Å². The number of aromatic nitrogens is 3. The van der Waals surface area contributed by atoms with Crippen LogP contribution in [-0.2, 0) is 6.54 Å². The van der Waals surface area contributed by atoms with Crippen molar-refractivity contribution in [3.05, 3.63) is 66.3 Å². The van der Waals surface area contributed by atoms with Crippen molar-refractivity contribution in [3.63, 3.8) is 0 Å². The van der Waals surface area contributed by atoms with Gasteiger partial charge >= 0.3 is 0 Å². The van der Waals surface area contributed by atoms with E-state index < -0.39 is 0 Å². The van der Waals surface area contributed by atoms with Crippen molar-refractivity contribution in [2.45, 2.75) is 6.54 Å². The number of nitrogens with zero attached hydrogens (tertiary/aromatic N) is 4. The number of aromatic amines is 1. The number of fused-ring (bicyclic) bond motifs is 1. The number of likely N-dealkylation sites (N-methyl/N-ethyl adjacent to an activating group) is 1. The lowest BCUT2D eigenvalue weighted by Crippen LogP contribution is -2.43. The number of anilines is 3. The molecule has 164 valence electrons. The molecule has 0 aliphatic carbocycles. The Bertz CT molecular complexity index is 1210. The smallest absolute Gasteiger partial charge is 0.278 e. The van der Waals surface area contributed by atoms with Gasteiger partial charge in [-0.3, -0.25) is 14.8 Å². The molecule has 1 aromatic carbocycles. The van der Waals surface area contributed by atoms with E-state index in [1.165, 1.54) is 5.56 Å². The van der Waals surface area contributed by atoms with Gasteiger partial charge in [0, 0.05) is 50.8 Å². The van der Waals surface area contributed by atoms with Gasteiger partial charge in [-0.15, -0.1) is 0 Å². The fourth-order valence-corrected chi connectivity index (χ4v) is 3.84. The summed E-state index contributed by atoms with van der Waals surface area (Å²) < 4.78 is 5.34. The van der Waals surface area contributed by atoms with Crippen molar-refractivity contribution < 1.29 is 9.21 Å². The predicted molar refractivity (Wildman–Crippen MR) is 123 cm³/mol. The molecule has 3 aromatic heterocycles. The van der Waals surface area contributed by atoms with E-state index in [9.17, 15) is 4.79 Å². The number of carbonyl (C=O) groups is 1. The molecule has 0 unspecified atom stereocenters. The molecule has 0 atom stereocenters. The molecule has 3 N–H and O–H groups in total. The zero-order valence-electron chi connectivity index (χ0n) is 17.8. The van der Waals surface area contributed by atoms with Gasteiger partial charge in [0.15, 0.2) is 5.69 Å². The number of furan rings is 1. The monoisotopic (exact) mass is 431 g/mol. The van der Waals surface area contributed by atoms with Crippen LogP contribution < -0.4 is 10.6 Å². The maximum absolute atomic E-state index is 12.9. The van der Waals surface area contributed by atoms with E-state index in [0.717, 1.165) is 49.5 Å². The van der Waals surface area contributed by atoms with Crippen LogP contribution in [0.25, 0.3) is 11.1 Å². The van der Waals surface area contributed by atoms with E-state index in [2.05, 4.69) is 54.8 Å². The number of H-pyrrole nitrogens is 1. The van der Waals surface area contributed by atoms with Crippen LogP contribution in [0.1, 0.15) is 16.1 Å². The molecule has 0 spiro atoms. The number of piperazine rings is 1. The molecule has 4 aromatic rings. The first-order valence-electron chi connectivity index (χ1n) is 10.6. The zero-order valence-corrected chi connectivity index (χ0v) is 17.8. The minimum Gasteiger partial charge on any atom is -0.446 e. The van der Waals surface area contributed by atoms with Crippen molar-refractivity contribution in [1.29, 1.82) is 0 Å². The Labute approximate surface area is 185 Å². The van der Waals surface area contributed by atoms with Gasteiger partial charge in [-0.1, -0.05) is 12.1 Å². The summed E-state index contributed by atoms with van der Waals surface area (Å²) in [6.07, 6.45) is 4.89. The summed E-state index contributed by atoms with van der Waals surface area (Å²) in [5, 5.41) is 13.9. The minimum absolute atomic E-state index is 0.278. The summed E-state index contributed by atoms with van der Waals surface area (Å²) >= 11 is 0. The lowest BCUT2D eigenvalue weighted by molar-refractivity contribution is 0.102. The summed E-state index contributed by atoms with van der Waals surface area (Å²) in [4.78, 5) is 21.8. The third-order valence-electron chi connectivity index (χ3n) is 5.71. The highest BCUT2D eigenvalue weighted by Crippen LogP contribution is 2.27. The molecule has 0 bridgehead atoms. The third-order valence-corrected chi connectivity index (χ3v) is 5.71. The minimum atomic E-state index is -0.293. The Balaban J connectivity index is 1.24. The van der Waals surface area contributed by atoms with Gasteiger partial charge in [-0.25, -0.2) is 4.98 Å². The lowest BCUT2D eigenvalue weighted by atomic mass is 10.1. The number of benzene rings is 1. The van der Waals surface area contributed by atoms with E-state index >= 15 is 0 Å². The standard InChI is InChI=1S/C23H25N7O2/c1-29-9-11-30(12-10-29)15-16-2-4-17(5-3-16)26-22(31)21-20(14-25-28-21)27-19-6-8-24-23-18(19)7-13-32-23/h2-8,13-14H,9-12,15H2,1H3,(H,24,27)(H,25,28)(H,26,31). The number of pyridine rings is 1. The molecule has 0 radical (unpaired) electrons. The molecule has 1 aliphatic heterocycles. The molecule has 9 nitrogen and oxygen atoms in total. The highest BCUT2D eigenvalue weighted by atomic mass is 16.3. The molecule has 1 amide bonds. The molecule has 0 saturated carbocycles. The molecule has 4 heterocycles. The highest BCUT2D eigenvalue weighted by Gasteiger charge is 2.17. The van der Waals surface area contributed by atoms with E-state index in [-0.39, 0.29) is 11.6 Å². The highest BCUT2D eigenvalue weighted by molar-refractivity contribution is 6.07. The van der Waals surface area contributed by atoms with Crippen LogP contribution in [-0.4, -0.2) is 64.1 Å². The Kier molecular flexibility index (Phi) is 5.57. The topological polar surface area (TPSA) is 102 Å². The predicted octanol–water partition coefficient (Wildman–Crippen LogP) is 3.29. The van der Waals surface area contributed by atoms with Gasteiger partial charge in [0.05, 0.1) is 23.0 Å². The molecule has 9 heteroatoms. The quantitative estimate of drug-likeness (QED) is 0.430. The Morgan fingerprint density at radius 3 is 2.72 bits per heavy atom. The van der Waals surface area contributed by atoms with Gasteiger partial charge < -0.3 is 20.0 Å². The normalized spacial score (nSPS) is 15.2. The Hall–Kier alpha value is -3.69. The number of carbonyl (C=O) groups excluding carboxylic acids is 1. The zero-order chi connectivity index (χ0) is 21.9. The van der Waals surface area contributed by atoms with Crippen LogP contribution >= 0.6 is 0 Å². The average Bonchev–Trinajstić information content (AvgIpc) is 3.47. The summed E-state index contributed by atoms with van der Waals surface area (Å²) in [7, 11) is 2.16. The lowest BCUT2D eigenvalue weighted by Gasteiger charge is -2.32. The SMILES string of the molecule is CN1CCN(Cc2ccc(NC(=O)c3n[nH]cc3Nc3ccnc4occc34)cc2)CC1. The second kappa shape index (κ2) is 8.81. The van der Waals surface area contributed by atoms with Crippen molar-refractivity contribution >= 4 is 34.1 Å². The number of rotatable bonds is 6. The summed E-state index contributed by atoms with van der Waals surface area (Å²) in [5.74, 6) is -0.293. The van der Waals surface area contributed by atoms with Crippen molar-refractivity contribution in [2.24, 2.45) is 0 Å². The molecular formula is C23H25N7O2. The molecule has 32 heavy (non-hydrogen) atoms. The van der Waals surface area contributed by atoms with E-state index in [4.69, 9.17) is 4.42 Å². The van der Waals surface area contributed by atoms with E-state index in [0.29, 0.717) is 11.4 Å². The van der Waals surface area contributed by atoms with Gasteiger partial charge in [-0.2, -0.15) is 5.10 Å². The maximum atomic E-state index is 12.9. The van der Waals surface area contributed by atoms with Crippen LogP contribution in [0.15, 0.2) is 59.5 Å². The van der Waals surface area contributed by atoms with Gasteiger partial charge in [-0.05, 0) is 36.9 Å². The first kappa shape index (κ1) is 20.2. The number of amides is 1. The van der Waals surface area contributed by atoms with Crippen LogP contribution in [0, 0.1) is 0 Å². The molecule has 1 aliphatic rings. The Morgan fingerprint density at radius 1 is 1.09 bits per heavy atom. The van der Waals surface area contributed by atoms with Crippen molar-refractivity contribution in [1.82, 2.24) is 25.0 Å². The molecule has 1 saturated heterocycles. The van der Waals surface area contributed by atoms with Gasteiger partial charge in [0.1, 0.15) is 0 Å². The van der Waals surface area contributed by atoms with Crippen molar-refractivity contribution in [3.8, 4) is 0 Å². The van der Waals surface area contributed by atoms with Crippen LogP contribution in [0.3, 0.4) is 0 Å². The Morgan fingerprint density at radius 2 is 1.91 bits per heavy atom. The van der Waals surface area contributed by atoms with Crippen LogP contribution in [0.5, 0.6) is 0 Å². The largest absolute Gasteiger partial charge is 0.446 e. The summed E-state index contributed by atoms with van der Waals surface area (Å²) in [6, 6.07) is 11.6. The van der Waals surface area contributed by atoms with Crippen LogP contribution in [0.4, 0.5) is 17.1 Å². The maximum Gasteiger partial charge on any atom is 0.278 e. The third kappa shape index (κ3) is 4.34.